The van der Waals surface area contributed by atoms with Crippen molar-refractivity contribution in [3.8, 4) is 5.75 Å². The van der Waals surface area contributed by atoms with Crippen LogP contribution in [-0.4, -0.2) is 55.9 Å². The van der Waals surface area contributed by atoms with Crippen molar-refractivity contribution in [1.29, 1.82) is 0 Å². The number of carbonyl (C=O) groups is 2. The number of ether oxygens (including phenoxy) is 1. The highest BCUT2D eigenvalue weighted by Gasteiger charge is 2.35. The normalized spacial score (nSPS) is 20.2. The lowest BCUT2D eigenvalue weighted by molar-refractivity contribution is -0.144. The number of hydrogen-bond acceptors (Lipinski definition) is 5. The van der Waals surface area contributed by atoms with Crippen LogP contribution in [0.25, 0.3) is 0 Å². The zero-order valence-electron chi connectivity index (χ0n) is 16.4. The minimum atomic E-state index is -3.74. The van der Waals surface area contributed by atoms with Crippen molar-refractivity contribution >= 4 is 21.9 Å². The van der Waals surface area contributed by atoms with Crippen molar-refractivity contribution in [1.82, 2.24) is 9.62 Å². The molecule has 1 saturated heterocycles. The van der Waals surface area contributed by atoms with Crippen LogP contribution in [0.5, 0.6) is 5.75 Å². The second kappa shape index (κ2) is 9.38. The van der Waals surface area contributed by atoms with E-state index in [0.29, 0.717) is 31.6 Å². The Morgan fingerprint density at radius 2 is 1.96 bits per heavy atom. The lowest BCUT2D eigenvalue weighted by Gasteiger charge is -2.32. The lowest BCUT2D eigenvalue weighted by Crippen LogP contribution is -2.51. The Kier molecular flexibility index (Phi) is 7.42. The van der Waals surface area contributed by atoms with E-state index in [-0.39, 0.29) is 17.4 Å². The van der Waals surface area contributed by atoms with Crippen LogP contribution in [0.15, 0.2) is 29.2 Å². The molecule has 0 aliphatic carbocycles. The average molecular weight is 413 g/mol. The first-order valence-electron chi connectivity index (χ1n) is 9.38. The highest BCUT2D eigenvalue weighted by atomic mass is 32.2. The Morgan fingerprint density at radius 1 is 1.32 bits per heavy atom. The zero-order valence-corrected chi connectivity index (χ0v) is 17.2. The van der Waals surface area contributed by atoms with Crippen LogP contribution in [0, 0.1) is 11.8 Å². The molecule has 0 bridgehead atoms. The molecule has 9 heteroatoms. The van der Waals surface area contributed by atoms with E-state index in [1.54, 1.807) is 19.1 Å². The third-order valence-electron chi connectivity index (χ3n) is 5.23. The number of methoxy groups -OCH3 is 1. The molecule has 0 spiro atoms. The lowest BCUT2D eigenvalue weighted by atomic mass is 9.95. The molecule has 2 rings (SSSR count). The fraction of sp³-hybridized carbons (Fsp3) is 0.579. The predicted octanol–water partition coefficient (Wildman–Crippen LogP) is 1.71. The summed E-state index contributed by atoms with van der Waals surface area (Å²) in [7, 11) is -2.24. The molecule has 8 nitrogen and oxygen atoms in total. The van der Waals surface area contributed by atoms with Gasteiger partial charge in [0.1, 0.15) is 11.8 Å². The van der Waals surface area contributed by atoms with E-state index in [4.69, 9.17) is 4.74 Å². The number of amides is 1. The first-order chi connectivity index (χ1) is 13.2. The van der Waals surface area contributed by atoms with Gasteiger partial charge in [0.25, 0.3) is 0 Å². The van der Waals surface area contributed by atoms with Gasteiger partial charge in [-0.2, -0.15) is 4.31 Å². The van der Waals surface area contributed by atoms with Gasteiger partial charge < -0.3 is 15.2 Å². The van der Waals surface area contributed by atoms with E-state index in [9.17, 15) is 23.1 Å². The number of carbonyl (C=O) groups excluding carboxylic acids is 1. The third-order valence-corrected chi connectivity index (χ3v) is 7.11. The van der Waals surface area contributed by atoms with Gasteiger partial charge >= 0.3 is 5.97 Å². The van der Waals surface area contributed by atoms with Crippen molar-refractivity contribution in [2.75, 3.05) is 20.2 Å². The Hall–Kier alpha value is -2.13. The maximum atomic E-state index is 12.9. The topological polar surface area (TPSA) is 113 Å². The maximum Gasteiger partial charge on any atom is 0.326 e. The van der Waals surface area contributed by atoms with Crippen LogP contribution in [0.1, 0.15) is 33.1 Å². The van der Waals surface area contributed by atoms with Gasteiger partial charge in [-0.1, -0.05) is 20.3 Å². The highest BCUT2D eigenvalue weighted by Crippen LogP contribution is 2.25. The minimum Gasteiger partial charge on any atom is -0.497 e. The number of benzene rings is 1. The van der Waals surface area contributed by atoms with E-state index in [0.717, 1.165) is 0 Å². The molecule has 0 aromatic heterocycles. The van der Waals surface area contributed by atoms with Crippen LogP contribution in [0.2, 0.25) is 0 Å². The zero-order chi connectivity index (χ0) is 20.9. The van der Waals surface area contributed by atoms with Crippen LogP contribution >= 0.6 is 0 Å². The van der Waals surface area contributed by atoms with Gasteiger partial charge in [0.15, 0.2) is 0 Å². The summed E-state index contributed by atoms with van der Waals surface area (Å²) in [5, 5.41) is 12.0. The van der Waals surface area contributed by atoms with Crippen molar-refractivity contribution in [2.45, 2.75) is 44.0 Å². The summed E-state index contributed by atoms with van der Waals surface area (Å²) in [5.41, 5.74) is 0. The number of aliphatic carboxylic acids is 1. The number of piperidine rings is 1. The Bertz CT molecular complexity index is 793. The van der Waals surface area contributed by atoms with Gasteiger partial charge in [-0.25, -0.2) is 13.2 Å². The van der Waals surface area contributed by atoms with Gasteiger partial charge in [0.05, 0.1) is 17.9 Å². The number of rotatable bonds is 8. The molecule has 28 heavy (non-hydrogen) atoms. The number of nitrogens with zero attached hydrogens (tertiary/aromatic N) is 1. The number of hydrogen-bond donors (Lipinski definition) is 2. The molecule has 1 aromatic rings. The largest absolute Gasteiger partial charge is 0.497 e. The summed E-state index contributed by atoms with van der Waals surface area (Å²) in [6.45, 7) is 3.98. The van der Waals surface area contributed by atoms with Crippen molar-refractivity contribution in [3.63, 3.8) is 0 Å². The summed E-state index contributed by atoms with van der Waals surface area (Å²) in [4.78, 5) is 24.2. The van der Waals surface area contributed by atoms with Crippen LogP contribution in [-0.2, 0) is 19.6 Å². The molecule has 1 aliphatic heterocycles. The molecule has 0 unspecified atom stereocenters. The molecular formula is C19H28N2O6S. The van der Waals surface area contributed by atoms with E-state index in [2.05, 4.69) is 5.32 Å². The van der Waals surface area contributed by atoms with Crippen molar-refractivity contribution in [2.24, 2.45) is 11.8 Å². The monoisotopic (exact) mass is 412 g/mol. The fourth-order valence-electron chi connectivity index (χ4n) is 3.23. The van der Waals surface area contributed by atoms with Crippen molar-refractivity contribution in [3.05, 3.63) is 24.3 Å². The molecule has 3 atom stereocenters. The molecule has 1 heterocycles. The number of nitrogens with one attached hydrogen (secondary N) is 1. The molecule has 2 N–H and O–H groups in total. The predicted molar refractivity (Wildman–Crippen MR) is 103 cm³/mol. The van der Waals surface area contributed by atoms with E-state index >= 15 is 0 Å². The van der Waals surface area contributed by atoms with Crippen LogP contribution < -0.4 is 10.1 Å². The summed E-state index contributed by atoms with van der Waals surface area (Å²) in [6.07, 6.45) is 1.67. The van der Waals surface area contributed by atoms with E-state index in [1.165, 1.54) is 23.5 Å². The molecule has 0 saturated carbocycles. The summed E-state index contributed by atoms with van der Waals surface area (Å²) < 4.78 is 32.1. The number of carboxylic acid groups (broad SMARTS) is 1. The molecule has 1 amide bonds. The molecule has 0 radical (unpaired) electrons. The quantitative estimate of drug-likeness (QED) is 0.672. The standard InChI is InChI=1S/C19H28N2O6S/c1-4-13(2)17(19(23)24)20-18(22)14-6-5-11-21(12-14)28(25,26)16-9-7-15(27-3)8-10-16/h7-10,13-14,17H,4-6,11-12H2,1-3H3,(H,20,22)(H,23,24)/t13-,14+,17+/m1/s1. The molecule has 1 fully saturated rings. The minimum absolute atomic E-state index is 0.0348. The Labute approximate surface area is 165 Å². The van der Waals surface area contributed by atoms with Crippen LogP contribution in [0.4, 0.5) is 0 Å². The Morgan fingerprint density at radius 3 is 2.50 bits per heavy atom. The van der Waals surface area contributed by atoms with Gasteiger partial charge in [0.2, 0.25) is 15.9 Å². The summed E-state index contributed by atoms with van der Waals surface area (Å²) in [6, 6.07) is 5.11. The second-order valence-corrected chi connectivity index (χ2v) is 9.03. The Balaban J connectivity index is 2.11. The van der Waals surface area contributed by atoms with E-state index in [1.807, 2.05) is 6.92 Å². The fourth-order valence-corrected chi connectivity index (χ4v) is 4.75. The molecule has 1 aromatic carbocycles. The number of sulfonamides is 1. The first-order valence-corrected chi connectivity index (χ1v) is 10.8. The second-order valence-electron chi connectivity index (χ2n) is 7.09. The van der Waals surface area contributed by atoms with Gasteiger partial charge in [-0.3, -0.25) is 4.79 Å². The molecular weight excluding hydrogens is 384 g/mol. The van der Waals surface area contributed by atoms with E-state index < -0.39 is 33.9 Å². The summed E-state index contributed by atoms with van der Waals surface area (Å²) in [5.74, 6) is -1.74. The summed E-state index contributed by atoms with van der Waals surface area (Å²) >= 11 is 0. The number of carboxylic acids is 1. The first kappa shape index (κ1) is 22.2. The third kappa shape index (κ3) is 5.02. The smallest absolute Gasteiger partial charge is 0.326 e. The molecule has 1 aliphatic rings. The van der Waals surface area contributed by atoms with Gasteiger partial charge in [-0.05, 0) is 43.0 Å². The van der Waals surface area contributed by atoms with Crippen LogP contribution in [0.3, 0.4) is 0 Å². The maximum absolute atomic E-state index is 12.9. The van der Waals surface area contributed by atoms with Gasteiger partial charge in [-0.15, -0.1) is 0 Å². The van der Waals surface area contributed by atoms with Gasteiger partial charge in [0, 0.05) is 13.1 Å². The van der Waals surface area contributed by atoms with Crippen molar-refractivity contribution < 1.29 is 27.9 Å². The SMILES string of the molecule is CC[C@@H](C)[C@H](NC(=O)[C@H]1CCCN(S(=O)(=O)c2ccc(OC)cc2)C1)C(=O)O. The molecule has 156 valence electrons. The highest BCUT2D eigenvalue weighted by molar-refractivity contribution is 7.89. The average Bonchev–Trinajstić information content (AvgIpc) is 2.71.